The highest BCUT2D eigenvalue weighted by Crippen LogP contribution is 2.56. The van der Waals surface area contributed by atoms with Crippen molar-refractivity contribution in [2.75, 3.05) is 18.9 Å². The molecule has 238 valence electrons. The van der Waals surface area contributed by atoms with Gasteiger partial charge < -0.3 is 19.7 Å². The van der Waals surface area contributed by atoms with E-state index in [1.807, 2.05) is 6.92 Å². The fraction of sp³-hybridized carbons (Fsp3) is 0.483. The van der Waals surface area contributed by atoms with E-state index in [9.17, 15) is 18.9 Å². The van der Waals surface area contributed by atoms with Gasteiger partial charge in [0.15, 0.2) is 11.2 Å². The van der Waals surface area contributed by atoms with Crippen LogP contribution in [0, 0.1) is 11.3 Å². The first-order chi connectivity index (χ1) is 20.8. The monoisotopic (exact) mass is 630 g/mol. The summed E-state index contributed by atoms with van der Waals surface area (Å²) in [5, 5.41) is 2.70. The molecule has 1 aromatic carbocycles. The van der Waals surface area contributed by atoms with E-state index in [4.69, 9.17) is 24.3 Å². The molecule has 2 heterocycles. The summed E-state index contributed by atoms with van der Waals surface area (Å²) >= 11 is 0. The number of para-hydroxylation sites is 1. The molecule has 0 spiro atoms. The second-order valence-corrected chi connectivity index (χ2v) is 12.9. The Hall–Kier alpha value is -4.00. The third kappa shape index (κ3) is 8.13. The Bertz CT molecular complexity index is 1620. The van der Waals surface area contributed by atoms with E-state index in [0.717, 1.165) is 12.0 Å². The molecule has 14 nitrogen and oxygen atoms in total. The number of nitrogens with zero attached hydrogens (tertiary/aromatic N) is 3. The lowest BCUT2D eigenvalue weighted by atomic mass is 10.1. The quantitative estimate of drug-likeness (QED) is 0.162. The van der Waals surface area contributed by atoms with Gasteiger partial charge in [0.1, 0.15) is 24.7 Å². The number of nitrogens with one attached hydrogen (secondary N) is 2. The van der Waals surface area contributed by atoms with Gasteiger partial charge in [-0.05, 0) is 44.4 Å². The largest absolute Gasteiger partial charge is 0.464 e. The molecular formula is C29H39N6O8P. The summed E-state index contributed by atoms with van der Waals surface area (Å²) in [6, 6.07) is 7.38. The topological polar surface area (TPSA) is 190 Å². The number of nitrogen functional groups attached to an aromatic ring is 1. The number of benzene rings is 1. The van der Waals surface area contributed by atoms with Crippen LogP contribution in [0.1, 0.15) is 53.9 Å². The number of hydrogen-bond donors (Lipinski definition) is 3. The summed E-state index contributed by atoms with van der Waals surface area (Å²) in [6.45, 7) is 8.45. The SMILES string of the molecule is CCC[C@H](C)OC(=O)[C@H](C)N[P@](=O)(OC[C@]1(COC(=O)C(C)C)C/C1=C/n1cnc2c(=O)[nH]c(N)nc21)Oc1ccccc1. The molecule has 2 aromatic heterocycles. The number of anilines is 1. The third-order valence-corrected chi connectivity index (χ3v) is 8.61. The van der Waals surface area contributed by atoms with E-state index >= 15 is 0 Å². The lowest BCUT2D eigenvalue weighted by molar-refractivity contribution is -0.151. The smallest absolute Gasteiger partial charge is 0.459 e. The number of carbonyl (C=O) groups excluding carboxylic acids is 2. The lowest BCUT2D eigenvalue weighted by Crippen LogP contribution is -2.37. The van der Waals surface area contributed by atoms with Crippen LogP contribution in [0.25, 0.3) is 17.4 Å². The van der Waals surface area contributed by atoms with Crippen LogP contribution in [-0.2, 0) is 28.2 Å². The number of imidazole rings is 1. The molecule has 1 saturated carbocycles. The maximum absolute atomic E-state index is 14.1. The first kappa shape index (κ1) is 32.9. The van der Waals surface area contributed by atoms with E-state index in [0.29, 0.717) is 12.8 Å². The predicted octanol–water partition coefficient (Wildman–Crippen LogP) is 4.05. The van der Waals surface area contributed by atoms with E-state index < -0.39 is 36.7 Å². The summed E-state index contributed by atoms with van der Waals surface area (Å²) in [7, 11) is -4.19. The van der Waals surface area contributed by atoms with Crippen LogP contribution >= 0.6 is 7.75 Å². The number of H-pyrrole nitrogens is 1. The average Bonchev–Trinajstić information content (AvgIpc) is 3.50. The van der Waals surface area contributed by atoms with Crippen molar-refractivity contribution in [3.05, 3.63) is 52.6 Å². The molecule has 0 amide bonds. The van der Waals surface area contributed by atoms with Gasteiger partial charge in [0.2, 0.25) is 5.95 Å². The minimum absolute atomic E-state index is 0.0688. The number of nitrogens with two attached hydrogens (primary N) is 1. The predicted molar refractivity (Wildman–Crippen MR) is 163 cm³/mol. The van der Waals surface area contributed by atoms with E-state index in [1.165, 1.54) is 17.8 Å². The fourth-order valence-electron chi connectivity index (χ4n) is 4.39. The summed E-state index contributed by atoms with van der Waals surface area (Å²) in [5.74, 6) is -1.20. The van der Waals surface area contributed by atoms with Crippen LogP contribution in [0.2, 0.25) is 0 Å². The molecule has 44 heavy (non-hydrogen) atoms. The van der Waals surface area contributed by atoms with Crippen LogP contribution < -0.4 is 20.9 Å². The molecule has 1 fully saturated rings. The Kier molecular flexibility index (Phi) is 10.3. The molecule has 0 bridgehead atoms. The molecule has 1 aliphatic rings. The van der Waals surface area contributed by atoms with Crippen molar-refractivity contribution in [2.24, 2.45) is 11.3 Å². The van der Waals surface area contributed by atoms with Crippen LogP contribution in [0.15, 0.2) is 47.0 Å². The Morgan fingerprint density at radius 3 is 2.59 bits per heavy atom. The summed E-state index contributed by atoms with van der Waals surface area (Å²) < 4.78 is 38.5. The first-order valence-electron chi connectivity index (χ1n) is 14.4. The van der Waals surface area contributed by atoms with Crippen LogP contribution in [0.4, 0.5) is 5.95 Å². The number of hydrogen-bond acceptors (Lipinski definition) is 11. The number of carbonyl (C=O) groups is 2. The van der Waals surface area contributed by atoms with Gasteiger partial charge in [-0.2, -0.15) is 10.1 Å². The molecule has 4 N–H and O–H groups in total. The Morgan fingerprint density at radius 1 is 1.18 bits per heavy atom. The lowest BCUT2D eigenvalue weighted by Gasteiger charge is -2.25. The van der Waals surface area contributed by atoms with Gasteiger partial charge in [-0.1, -0.05) is 45.4 Å². The molecule has 4 rings (SSSR count). The van der Waals surface area contributed by atoms with Crippen molar-refractivity contribution in [1.29, 1.82) is 0 Å². The van der Waals surface area contributed by atoms with Crippen LogP contribution in [0.3, 0.4) is 0 Å². The molecule has 3 aromatic rings. The van der Waals surface area contributed by atoms with Gasteiger partial charge in [-0.3, -0.25) is 28.5 Å². The second kappa shape index (κ2) is 13.7. The van der Waals surface area contributed by atoms with E-state index in [-0.39, 0.29) is 48.1 Å². The van der Waals surface area contributed by atoms with E-state index in [1.54, 1.807) is 57.3 Å². The maximum atomic E-state index is 14.1. The number of esters is 2. The van der Waals surface area contributed by atoms with Crippen molar-refractivity contribution in [3.63, 3.8) is 0 Å². The van der Waals surface area contributed by atoms with E-state index in [2.05, 4.69) is 20.0 Å². The van der Waals surface area contributed by atoms with Gasteiger partial charge in [0, 0.05) is 6.20 Å². The Balaban J connectivity index is 1.60. The fourth-order valence-corrected chi connectivity index (χ4v) is 5.96. The maximum Gasteiger partial charge on any atom is 0.459 e. The van der Waals surface area contributed by atoms with Crippen molar-refractivity contribution < 1.29 is 32.7 Å². The zero-order valence-electron chi connectivity index (χ0n) is 25.4. The normalized spacial score (nSPS) is 19.8. The minimum atomic E-state index is -4.19. The van der Waals surface area contributed by atoms with Crippen LogP contribution in [-0.4, -0.2) is 56.8 Å². The molecular weight excluding hydrogens is 591 g/mol. The summed E-state index contributed by atoms with van der Waals surface area (Å²) in [5.41, 5.74) is 5.46. The first-order valence-corrected chi connectivity index (χ1v) is 16.0. The molecule has 4 atom stereocenters. The second-order valence-electron chi connectivity index (χ2n) is 11.2. The molecule has 1 aliphatic carbocycles. The van der Waals surface area contributed by atoms with Crippen molar-refractivity contribution in [3.8, 4) is 5.75 Å². The number of rotatable bonds is 15. The highest BCUT2D eigenvalue weighted by molar-refractivity contribution is 7.52. The highest BCUT2D eigenvalue weighted by atomic mass is 31.2. The standard InChI is InChI=1S/C29H39N6O8P/c1-6-10-19(4)42-27(38)20(5)34-44(39,43-22-11-8-7-9-12-22)41-16-29(15-40-26(37)18(2)3)13-21(29)14-35-17-31-23-24(35)32-28(30)33-25(23)36/h7-9,11-12,14,17-20H,6,10,13,15-16H2,1-5H3,(H,34,39)(H3,30,32,33,36)/b21-14-/t19-,20-,29+,44-/m0/s1. The third-order valence-electron chi connectivity index (χ3n) is 6.99. The van der Waals surface area contributed by atoms with Gasteiger partial charge >= 0.3 is 19.7 Å². The average molecular weight is 631 g/mol. The summed E-state index contributed by atoms with van der Waals surface area (Å²) in [6.07, 6.45) is 4.71. The van der Waals surface area contributed by atoms with Gasteiger partial charge in [-0.25, -0.2) is 9.55 Å². The highest BCUT2D eigenvalue weighted by Gasteiger charge is 2.52. The Labute approximate surface area is 254 Å². The van der Waals surface area contributed by atoms with Crippen molar-refractivity contribution in [1.82, 2.24) is 24.6 Å². The zero-order valence-corrected chi connectivity index (χ0v) is 26.3. The Morgan fingerprint density at radius 2 is 1.91 bits per heavy atom. The van der Waals surface area contributed by atoms with Crippen LogP contribution in [0.5, 0.6) is 5.75 Å². The molecule has 0 saturated heterocycles. The van der Waals surface area contributed by atoms with Gasteiger partial charge in [-0.15, -0.1) is 0 Å². The van der Waals surface area contributed by atoms with Crippen molar-refractivity contribution >= 4 is 43.0 Å². The molecule has 15 heteroatoms. The molecule has 0 unspecified atom stereocenters. The number of aromatic amines is 1. The number of fused-ring (bicyclic) bond motifs is 1. The number of aromatic nitrogens is 4. The minimum Gasteiger partial charge on any atom is -0.464 e. The summed E-state index contributed by atoms with van der Waals surface area (Å²) in [4.78, 5) is 48.1. The zero-order chi connectivity index (χ0) is 32.1. The van der Waals surface area contributed by atoms with Crippen molar-refractivity contribution in [2.45, 2.75) is 66.0 Å². The molecule has 0 aliphatic heterocycles. The molecule has 0 radical (unpaired) electrons. The van der Waals surface area contributed by atoms with Gasteiger partial charge in [0.25, 0.3) is 5.56 Å². The van der Waals surface area contributed by atoms with Gasteiger partial charge in [0.05, 0.1) is 24.0 Å². The number of ether oxygens (including phenoxy) is 2.